The van der Waals surface area contributed by atoms with Crippen molar-refractivity contribution < 1.29 is 81.9 Å². The minimum atomic E-state index is -2.01. The molecule has 19 nitrogen and oxygen atoms in total. The summed E-state index contributed by atoms with van der Waals surface area (Å²) in [6, 6.07) is 0.267. The van der Waals surface area contributed by atoms with Gasteiger partial charge in [0.15, 0.2) is 24.7 Å². The van der Waals surface area contributed by atoms with E-state index in [1.165, 1.54) is 28.3 Å². The Bertz CT molecular complexity index is 1720. The lowest BCUT2D eigenvalue weighted by Crippen LogP contribution is -2.59. The molecule has 4 rings (SSSR count). The van der Waals surface area contributed by atoms with Crippen LogP contribution in [0.3, 0.4) is 0 Å². The van der Waals surface area contributed by atoms with Gasteiger partial charge < -0.3 is 67.5 Å². The van der Waals surface area contributed by atoms with Gasteiger partial charge in [-0.05, 0) is 73.6 Å². The average molecular weight is 1020 g/mol. The monoisotopic (exact) mass is 1020 g/mol. The molecule has 0 aromatic heterocycles. The number of aliphatic hydroxyl groups excluding tert-OH is 2. The summed E-state index contributed by atoms with van der Waals surface area (Å²) in [6.07, 6.45) is -11.8. The second-order valence-corrected chi connectivity index (χ2v) is 22.2. The number of carbonyl (C=O) groups is 3. The molecule has 3 N–H and O–H groups in total. The van der Waals surface area contributed by atoms with Crippen LogP contribution in [0.2, 0.25) is 0 Å². The highest BCUT2D eigenvalue weighted by molar-refractivity contribution is 5.90. The maximum atomic E-state index is 15.2. The van der Waals surface area contributed by atoms with Gasteiger partial charge in [0.05, 0.1) is 54.7 Å². The number of rotatable bonds is 15. The number of carbonyl (C=O) groups excluding carboxylic acids is 3. The second kappa shape index (κ2) is 26.9. The molecule has 0 spiro atoms. The van der Waals surface area contributed by atoms with Gasteiger partial charge in [0.1, 0.15) is 49.3 Å². The van der Waals surface area contributed by atoms with Crippen molar-refractivity contribution in [3.63, 3.8) is 0 Å². The highest BCUT2D eigenvalue weighted by Gasteiger charge is 2.51. The van der Waals surface area contributed by atoms with Crippen molar-refractivity contribution in [2.45, 2.75) is 233 Å². The van der Waals surface area contributed by atoms with Gasteiger partial charge in [0.2, 0.25) is 0 Å². The van der Waals surface area contributed by atoms with Crippen LogP contribution in [0.5, 0.6) is 0 Å². The summed E-state index contributed by atoms with van der Waals surface area (Å²) in [5.74, 6) is -6.86. The zero-order valence-electron chi connectivity index (χ0n) is 46.0. The zero-order chi connectivity index (χ0) is 53.4. The summed E-state index contributed by atoms with van der Waals surface area (Å²) in [5.41, 5.74) is -1.70. The molecule has 4 heterocycles. The molecular formula is C52H92N2O17. The molecule has 0 radical (unpaired) electrons. The first-order valence-corrected chi connectivity index (χ1v) is 26.0. The number of oxime groups is 1. The van der Waals surface area contributed by atoms with Gasteiger partial charge >= 0.3 is 11.9 Å². The maximum absolute atomic E-state index is 15.2. The summed E-state index contributed by atoms with van der Waals surface area (Å²) in [7, 11) is 4.31. The lowest BCUT2D eigenvalue weighted by molar-refractivity contribution is -0.305. The Morgan fingerprint density at radius 3 is 2.04 bits per heavy atom. The zero-order valence-corrected chi connectivity index (χ0v) is 46.0. The molecule has 0 amide bonds. The van der Waals surface area contributed by atoms with Crippen molar-refractivity contribution in [3.05, 3.63) is 0 Å². The number of hydrogen-bond acceptors (Lipinski definition) is 19. The summed E-state index contributed by atoms with van der Waals surface area (Å²) in [5, 5.41) is 39.0. The topological polar surface area (TPSA) is 229 Å². The maximum Gasteiger partial charge on any atom is 0.311 e. The van der Waals surface area contributed by atoms with Gasteiger partial charge in [-0.1, -0.05) is 53.6 Å². The van der Waals surface area contributed by atoms with E-state index < -0.39 is 139 Å². The predicted molar refractivity (Wildman–Crippen MR) is 262 cm³/mol. The Kier molecular flexibility index (Phi) is 23.2. The normalized spacial score (nSPS) is 42.9. The fraction of sp³-hybridized carbons (Fsp3) is 0.923. The number of esters is 2. The van der Waals surface area contributed by atoms with E-state index in [2.05, 4.69) is 30.8 Å². The minimum Gasteiger partial charge on any atom is -0.461 e. The summed E-state index contributed by atoms with van der Waals surface area (Å²) < 4.78 is 63.4. The first kappa shape index (κ1) is 61.1. The van der Waals surface area contributed by atoms with Gasteiger partial charge in [-0.25, -0.2) is 0 Å². The lowest BCUT2D eigenvalue weighted by Gasteiger charge is -2.44. The highest BCUT2D eigenvalue weighted by atomic mass is 16.7. The van der Waals surface area contributed by atoms with Gasteiger partial charge in [-0.3, -0.25) is 19.3 Å². The predicted octanol–water partition coefficient (Wildman–Crippen LogP) is 5.05. The number of aliphatic hydroxyl groups is 3. The number of cyclic esters (lactones) is 1. The van der Waals surface area contributed by atoms with E-state index in [1.807, 2.05) is 48.5 Å². The molecule has 0 bridgehead atoms. The molecule has 0 aromatic carbocycles. The highest BCUT2D eigenvalue weighted by Crippen LogP contribution is 2.39. The van der Waals surface area contributed by atoms with E-state index in [9.17, 15) is 24.9 Å². The largest absolute Gasteiger partial charge is 0.461 e. The van der Waals surface area contributed by atoms with Crippen molar-refractivity contribution in [2.24, 2.45) is 46.6 Å². The average Bonchev–Trinajstić information content (AvgIpc) is 3.43. The number of methoxy groups -OCH3 is 2. The molecule has 19 heteroatoms. The summed E-state index contributed by atoms with van der Waals surface area (Å²) in [4.78, 5) is 51.2. The second-order valence-electron chi connectivity index (χ2n) is 22.2. The van der Waals surface area contributed by atoms with Crippen molar-refractivity contribution >= 4 is 23.4 Å². The van der Waals surface area contributed by atoms with Crippen LogP contribution in [0.15, 0.2) is 5.16 Å². The molecule has 0 aromatic rings. The molecule has 22 atom stereocenters. The van der Waals surface area contributed by atoms with Crippen LogP contribution >= 0.6 is 0 Å². The number of hydrogen-bond donors (Lipinski definition) is 3. The first-order chi connectivity index (χ1) is 33.2. The van der Waals surface area contributed by atoms with E-state index in [0.717, 1.165) is 0 Å². The van der Waals surface area contributed by atoms with E-state index in [0.29, 0.717) is 18.7 Å². The first-order valence-electron chi connectivity index (χ1n) is 26.0. The standard InChI is InChI=1S/C52H92N2O17/c1-25(2)19-38(55)68-44-33(11)43(28(6)24-64-51-47(62-17)46(61-16)40(56)36(14)67-51)70-49(59)35(13)45(69-39-20-29(7)54(26(3)4)23-31(9)65-39)32(10)42(27(5)22-52(15,60)48(58)34(44)12)71-50-41(57)37(53-63-18)21-30(8)66-50/h25-36,39-47,50-51,56-57,60H,19-24H2,1-18H3/b53-37+/t27-,28-,29?,30+,31-,32+,33-,34+,35+,36-,39-,40+,41+,42-,43+,44+,45-,46+,47+,50-,51+,52-/m0/s1. The van der Waals surface area contributed by atoms with Gasteiger partial charge in [0, 0.05) is 69.9 Å². The van der Waals surface area contributed by atoms with Crippen molar-refractivity contribution in [1.82, 2.24) is 4.90 Å². The molecule has 4 aliphatic rings. The fourth-order valence-electron chi connectivity index (χ4n) is 11.3. The third kappa shape index (κ3) is 15.6. The van der Waals surface area contributed by atoms with E-state index in [-0.39, 0.29) is 50.0 Å². The SMILES string of the molecule is CO/N=C1\C[C@@H](C)O[C@@H](O[C@@H]2[C@@H](C)[C@H](O[C@H]3CC(C)N(C(C)C)C[C@H](C)O3)[C@@H](C)C(=O)O[C@H]([C@@H](C)CO[C@@H]3O[C@@H](C)[C@@H](O)[C@@H](OC)[C@H]3OC)[C@H](C)[C@@H](OC(=O)CC(C)C)[C@@H](C)C(=O)[C@@](C)(O)C[C@@H]2C)[C@@H]1O. The molecular weight excluding hydrogens is 925 g/mol. The Hall–Kier alpha value is -2.40. The molecule has 4 saturated heterocycles. The van der Waals surface area contributed by atoms with Crippen LogP contribution in [0, 0.1) is 41.4 Å². The molecule has 0 aliphatic carbocycles. The third-order valence-electron chi connectivity index (χ3n) is 15.0. The van der Waals surface area contributed by atoms with Crippen LogP contribution < -0.4 is 0 Å². The van der Waals surface area contributed by atoms with Crippen molar-refractivity contribution in [1.29, 1.82) is 0 Å². The van der Waals surface area contributed by atoms with E-state index in [4.69, 9.17) is 52.2 Å². The molecule has 0 saturated carbocycles. The summed E-state index contributed by atoms with van der Waals surface area (Å²) >= 11 is 0. The molecule has 4 aliphatic heterocycles. The van der Waals surface area contributed by atoms with Crippen LogP contribution in [-0.2, 0) is 66.6 Å². The van der Waals surface area contributed by atoms with Gasteiger partial charge in [-0.2, -0.15) is 0 Å². The third-order valence-corrected chi connectivity index (χ3v) is 15.0. The Morgan fingerprint density at radius 1 is 0.803 bits per heavy atom. The lowest BCUT2D eigenvalue weighted by atomic mass is 9.74. The number of nitrogens with zero attached hydrogens (tertiary/aromatic N) is 2. The van der Waals surface area contributed by atoms with Gasteiger partial charge in [-0.15, -0.1) is 0 Å². The number of Topliss-reactive ketones (excluding diaryl/α,β-unsaturated/α-hetero) is 1. The molecule has 71 heavy (non-hydrogen) atoms. The quantitative estimate of drug-likeness (QED) is 0.144. The Morgan fingerprint density at radius 2 is 1.45 bits per heavy atom. The van der Waals surface area contributed by atoms with Crippen LogP contribution in [0.1, 0.15) is 130 Å². The molecule has 4 fully saturated rings. The van der Waals surface area contributed by atoms with Crippen LogP contribution in [0.4, 0.5) is 0 Å². The van der Waals surface area contributed by atoms with Crippen molar-refractivity contribution in [3.8, 4) is 0 Å². The van der Waals surface area contributed by atoms with Crippen LogP contribution in [-0.4, -0.2) is 182 Å². The number of ketones is 1. The smallest absolute Gasteiger partial charge is 0.311 e. The minimum absolute atomic E-state index is 0.0403. The summed E-state index contributed by atoms with van der Waals surface area (Å²) in [6.45, 7) is 28.3. The van der Waals surface area contributed by atoms with E-state index in [1.54, 1.807) is 27.7 Å². The Balaban J connectivity index is 1.89. The van der Waals surface area contributed by atoms with E-state index >= 15 is 4.79 Å². The molecule has 1 unspecified atom stereocenters. The Labute approximate surface area is 423 Å². The van der Waals surface area contributed by atoms with Gasteiger partial charge in [0.25, 0.3) is 0 Å². The fourth-order valence-corrected chi connectivity index (χ4v) is 11.3. The van der Waals surface area contributed by atoms with Crippen LogP contribution in [0.25, 0.3) is 0 Å². The molecule has 412 valence electrons. The number of ether oxygens (including phenoxy) is 10. The van der Waals surface area contributed by atoms with Crippen molar-refractivity contribution in [2.75, 3.05) is 34.5 Å².